The van der Waals surface area contributed by atoms with Crippen LogP contribution in [-0.2, 0) is 4.79 Å². The average molecular weight is 233 g/mol. The van der Waals surface area contributed by atoms with Gasteiger partial charge < -0.3 is 10.2 Å². The van der Waals surface area contributed by atoms with E-state index in [1.165, 1.54) is 0 Å². The Balaban J connectivity index is 3.07. The fourth-order valence-corrected chi connectivity index (χ4v) is 1.55. The summed E-state index contributed by atoms with van der Waals surface area (Å²) >= 11 is 5.56. The fraction of sp³-hybridized carbons (Fsp3) is 0.300. The van der Waals surface area contributed by atoms with Crippen LogP contribution < -0.4 is 0 Å². The highest BCUT2D eigenvalue weighted by atomic mass is 35.5. The minimum atomic E-state index is -1.01. The molecule has 1 rings (SSSR count). The second-order valence-electron chi connectivity index (χ2n) is 3.32. The van der Waals surface area contributed by atoms with Gasteiger partial charge in [0.2, 0.25) is 0 Å². The Hall–Kier alpha value is -1.29. The van der Waals surface area contributed by atoms with Gasteiger partial charge in [0.15, 0.2) is 0 Å². The first-order valence-corrected chi connectivity index (χ1v) is 4.69. The first-order chi connectivity index (χ1) is 6.91. The van der Waals surface area contributed by atoms with Gasteiger partial charge >= 0.3 is 5.97 Å². The number of hydrogen-bond donors (Lipinski definition) is 2. The van der Waals surface area contributed by atoms with Gasteiger partial charge in [0.05, 0.1) is 11.4 Å². The summed E-state index contributed by atoms with van der Waals surface area (Å²) in [6.45, 7) is 1.58. The van der Waals surface area contributed by atoms with Gasteiger partial charge in [-0.15, -0.1) is 0 Å². The van der Waals surface area contributed by atoms with Crippen LogP contribution in [0.5, 0.6) is 5.75 Å². The monoisotopic (exact) mass is 232 g/mol. The molecule has 0 fully saturated rings. The maximum atomic E-state index is 13.0. The van der Waals surface area contributed by atoms with Gasteiger partial charge in [0.1, 0.15) is 11.6 Å². The molecule has 0 radical (unpaired) electrons. The van der Waals surface area contributed by atoms with E-state index in [0.717, 1.165) is 12.1 Å². The Morgan fingerprint density at radius 3 is 2.73 bits per heavy atom. The largest absolute Gasteiger partial charge is 0.506 e. The lowest BCUT2D eigenvalue weighted by atomic mass is 9.97. The van der Waals surface area contributed by atoms with Gasteiger partial charge in [-0.05, 0) is 18.1 Å². The van der Waals surface area contributed by atoms with Gasteiger partial charge in [0.25, 0.3) is 0 Å². The molecule has 3 nitrogen and oxygen atoms in total. The standard InChI is InChI=1S/C10H10ClFO3/c1-5(2-9(13)14)7-3-6(12)4-8(11)10(7)15/h3-5,15H,2H2,1H3,(H,13,14). The van der Waals surface area contributed by atoms with Crippen molar-refractivity contribution in [3.63, 3.8) is 0 Å². The summed E-state index contributed by atoms with van der Waals surface area (Å²) in [5.41, 5.74) is 0.211. The summed E-state index contributed by atoms with van der Waals surface area (Å²) in [5, 5.41) is 18.0. The smallest absolute Gasteiger partial charge is 0.303 e. The zero-order valence-corrected chi connectivity index (χ0v) is 8.75. The second kappa shape index (κ2) is 4.49. The van der Waals surface area contributed by atoms with Gasteiger partial charge in [-0.25, -0.2) is 4.39 Å². The molecule has 0 aliphatic carbocycles. The number of hydrogen-bond acceptors (Lipinski definition) is 2. The molecule has 0 aliphatic heterocycles. The van der Waals surface area contributed by atoms with Crippen molar-refractivity contribution in [2.45, 2.75) is 19.3 Å². The quantitative estimate of drug-likeness (QED) is 0.843. The lowest BCUT2D eigenvalue weighted by Gasteiger charge is -2.12. The highest BCUT2D eigenvalue weighted by Crippen LogP contribution is 2.34. The van der Waals surface area contributed by atoms with E-state index in [9.17, 15) is 14.3 Å². The van der Waals surface area contributed by atoms with Crippen LogP contribution in [0.15, 0.2) is 12.1 Å². The number of carbonyl (C=O) groups is 1. The van der Waals surface area contributed by atoms with E-state index in [0.29, 0.717) is 0 Å². The Labute approximate surface area is 91.1 Å². The van der Waals surface area contributed by atoms with Crippen LogP contribution in [0, 0.1) is 5.82 Å². The van der Waals surface area contributed by atoms with Gasteiger partial charge in [-0.2, -0.15) is 0 Å². The first-order valence-electron chi connectivity index (χ1n) is 4.31. The molecule has 0 aromatic heterocycles. The van der Waals surface area contributed by atoms with Crippen molar-refractivity contribution in [1.82, 2.24) is 0 Å². The SMILES string of the molecule is CC(CC(=O)O)c1cc(F)cc(Cl)c1O. The first kappa shape index (κ1) is 11.8. The lowest BCUT2D eigenvalue weighted by Crippen LogP contribution is -2.03. The predicted molar refractivity (Wildman–Crippen MR) is 53.7 cm³/mol. The number of carboxylic acid groups (broad SMARTS) is 1. The molecule has 5 heteroatoms. The topological polar surface area (TPSA) is 57.5 Å². The van der Waals surface area contributed by atoms with Crippen LogP contribution >= 0.6 is 11.6 Å². The van der Waals surface area contributed by atoms with Crippen molar-refractivity contribution in [3.8, 4) is 5.75 Å². The van der Waals surface area contributed by atoms with Crippen LogP contribution in [0.1, 0.15) is 24.8 Å². The third-order valence-electron chi connectivity index (χ3n) is 2.07. The summed E-state index contributed by atoms with van der Waals surface area (Å²) in [5.74, 6) is -2.35. The third kappa shape index (κ3) is 2.83. The molecule has 82 valence electrons. The molecule has 2 N–H and O–H groups in total. The summed E-state index contributed by atoms with van der Waals surface area (Å²) < 4.78 is 13.0. The molecule has 0 saturated heterocycles. The molecule has 1 unspecified atom stereocenters. The van der Waals surface area contributed by atoms with E-state index in [1.54, 1.807) is 6.92 Å². The van der Waals surface area contributed by atoms with Crippen molar-refractivity contribution in [3.05, 3.63) is 28.5 Å². The van der Waals surface area contributed by atoms with E-state index in [-0.39, 0.29) is 22.8 Å². The number of benzene rings is 1. The van der Waals surface area contributed by atoms with Crippen molar-refractivity contribution in [2.24, 2.45) is 0 Å². The van der Waals surface area contributed by atoms with E-state index in [4.69, 9.17) is 16.7 Å². The number of aromatic hydroxyl groups is 1. The number of aliphatic carboxylic acids is 1. The highest BCUT2D eigenvalue weighted by Gasteiger charge is 2.17. The summed E-state index contributed by atoms with van der Waals surface area (Å²) in [6.07, 6.45) is -0.187. The maximum Gasteiger partial charge on any atom is 0.303 e. The van der Waals surface area contributed by atoms with E-state index < -0.39 is 17.7 Å². The van der Waals surface area contributed by atoms with Crippen molar-refractivity contribution in [1.29, 1.82) is 0 Å². The maximum absolute atomic E-state index is 13.0. The zero-order valence-electron chi connectivity index (χ0n) is 8.00. The fourth-order valence-electron chi connectivity index (χ4n) is 1.33. The Bertz CT molecular complexity index is 392. The van der Waals surface area contributed by atoms with Crippen LogP contribution in [0.25, 0.3) is 0 Å². The van der Waals surface area contributed by atoms with Gasteiger partial charge in [-0.3, -0.25) is 4.79 Å². The molecule has 1 atom stereocenters. The Morgan fingerprint density at radius 1 is 1.60 bits per heavy atom. The summed E-state index contributed by atoms with van der Waals surface area (Å²) in [6, 6.07) is 2.07. The summed E-state index contributed by atoms with van der Waals surface area (Å²) in [7, 11) is 0. The molecule has 0 spiro atoms. The minimum absolute atomic E-state index is 0.109. The van der Waals surface area contributed by atoms with Crippen molar-refractivity contribution < 1.29 is 19.4 Å². The number of phenols is 1. The second-order valence-corrected chi connectivity index (χ2v) is 3.73. The Kier molecular flexibility index (Phi) is 3.52. The molecule has 1 aromatic carbocycles. The van der Waals surface area contributed by atoms with Crippen LogP contribution in [0.3, 0.4) is 0 Å². The number of phenolic OH excluding ortho intramolecular Hbond substituents is 1. The minimum Gasteiger partial charge on any atom is -0.506 e. The number of halogens is 2. The molecule has 0 aliphatic rings. The number of rotatable bonds is 3. The molecule has 0 saturated carbocycles. The zero-order chi connectivity index (χ0) is 11.6. The van der Waals surface area contributed by atoms with Crippen LogP contribution in [0.4, 0.5) is 4.39 Å². The van der Waals surface area contributed by atoms with E-state index in [1.807, 2.05) is 0 Å². The van der Waals surface area contributed by atoms with Crippen molar-refractivity contribution in [2.75, 3.05) is 0 Å². The lowest BCUT2D eigenvalue weighted by molar-refractivity contribution is -0.137. The molecule has 0 heterocycles. The van der Waals surface area contributed by atoms with Crippen molar-refractivity contribution >= 4 is 17.6 Å². The molecule has 0 amide bonds. The highest BCUT2D eigenvalue weighted by molar-refractivity contribution is 6.32. The molecular formula is C10H10ClFO3. The molecule has 0 bridgehead atoms. The summed E-state index contributed by atoms with van der Waals surface area (Å²) in [4.78, 5) is 10.5. The normalized spacial score (nSPS) is 12.5. The van der Waals surface area contributed by atoms with Crippen LogP contribution in [0.2, 0.25) is 5.02 Å². The third-order valence-corrected chi connectivity index (χ3v) is 2.36. The molecule has 1 aromatic rings. The number of carboxylic acids is 1. The average Bonchev–Trinajstić information content (AvgIpc) is 2.09. The van der Waals surface area contributed by atoms with Gasteiger partial charge in [-0.1, -0.05) is 18.5 Å². The van der Waals surface area contributed by atoms with E-state index >= 15 is 0 Å². The predicted octanol–water partition coefficient (Wildman–Crippen LogP) is 2.76. The Morgan fingerprint density at radius 2 is 2.20 bits per heavy atom. The van der Waals surface area contributed by atoms with Gasteiger partial charge in [0, 0.05) is 5.56 Å². The van der Waals surface area contributed by atoms with Crippen LogP contribution in [-0.4, -0.2) is 16.2 Å². The molecular weight excluding hydrogens is 223 g/mol. The molecule has 15 heavy (non-hydrogen) atoms. The van der Waals surface area contributed by atoms with E-state index in [2.05, 4.69) is 0 Å².